The van der Waals surface area contributed by atoms with Crippen molar-refractivity contribution in [2.75, 3.05) is 0 Å². The van der Waals surface area contributed by atoms with Gasteiger partial charge in [0.25, 0.3) is 0 Å². The molecule has 0 bridgehead atoms. The summed E-state index contributed by atoms with van der Waals surface area (Å²) in [7, 11) is -10.3. The smallest absolute Gasteiger partial charge is 0.0912 e. The van der Waals surface area contributed by atoms with Crippen molar-refractivity contribution in [1.82, 2.24) is 0 Å². The largest absolute Gasteiger partial charge is 0.152 e. The zero-order valence-electron chi connectivity index (χ0n) is 35.8. The van der Waals surface area contributed by atoms with Gasteiger partial charge in [-0.25, -0.2) is 0 Å². The molecule has 0 nitrogen and oxygen atoms in total. The molecule has 8 rings (SSSR count). The van der Waals surface area contributed by atoms with Crippen LogP contribution in [0.1, 0.15) is 0 Å². The molecule has 0 spiro atoms. The number of hydrogen-bond acceptors (Lipinski definition) is 6. The summed E-state index contributed by atoms with van der Waals surface area (Å²) in [4.78, 5) is 0. The first-order valence-corrected chi connectivity index (χ1v) is 45.5. The van der Waals surface area contributed by atoms with Crippen LogP contribution in [0.3, 0.4) is 0 Å². The second-order valence-electron chi connectivity index (χ2n) is 21.9. The van der Waals surface area contributed by atoms with Crippen molar-refractivity contribution in [3.8, 4) is 0 Å². The standard InChI is InChI=1S/C42H58S6Si6/c1-49(2,3)27-19-23-24-20-28(50(4,5)6)46-36(24)38-32-31-33(41(53(13,14)15)47-37(31)35(23)45-27)29-25(21-43-39(29)51(7,8)9)26-22-44-40(52(10,11)12)30(26)34(32)42(48-38)54(16,17)18/h19-22H,1-18H3/b24-23?,32-31-,37-35?,38-36?. The van der Waals surface area contributed by atoms with Crippen molar-refractivity contribution < 1.29 is 0 Å². The van der Waals surface area contributed by atoms with E-state index in [1.165, 1.54) is 10.8 Å². The van der Waals surface area contributed by atoms with Gasteiger partial charge in [-0.05, 0) is 49.9 Å². The van der Waals surface area contributed by atoms with E-state index in [2.05, 4.69) is 209 Å². The van der Waals surface area contributed by atoms with E-state index in [1.54, 1.807) is 88.6 Å². The maximum absolute atomic E-state index is 2.69. The number of hydrogen-bond donors (Lipinski definition) is 0. The molecular formula is C42H58S6Si6. The summed E-state index contributed by atoms with van der Waals surface area (Å²) in [6.07, 6.45) is 0. The maximum atomic E-state index is 2.69. The maximum Gasteiger partial charge on any atom is 0.0912 e. The molecule has 0 amide bonds. The molecule has 6 aromatic heterocycles. The number of fused-ring (bicyclic) bond motifs is 10. The van der Waals surface area contributed by atoms with Crippen LogP contribution in [-0.4, -0.2) is 48.4 Å². The molecular weight excluding hydrogens is 865 g/mol. The summed E-state index contributed by atoms with van der Waals surface area (Å²) in [5.41, 5.74) is 0. The monoisotopic (exact) mass is 922 g/mol. The summed E-state index contributed by atoms with van der Waals surface area (Å²) in [5.74, 6) is 0. The number of rotatable bonds is 6. The first-order valence-electron chi connectivity index (χ1n) is 19.5. The van der Waals surface area contributed by atoms with Crippen LogP contribution in [0.15, 0.2) is 22.9 Å². The topological polar surface area (TPSA) is 0 Å². The Morgan fingerprint density at radius 1 is 0.315 bits per heavy atom. The van der Waals surface area contributed by atoms with E-state index in [1.807, 2.05) is 0 Å². The SMILES string of the molecule is C[Si](C)(C)c1cc2c3cc([Si](C)(C)C)sc3c3sc([Si](C)(C)C)c4/c3=c3/c(sc([Si](C)(C)C)c3c3c([Si](C)(C)C)scc3c3csc([Si](C)(C)C)c43)c2s1. The Kier molecular flexibility index (Phi) is 9.33. The molecule has 0 aromatic carbocycles. The second kappa shape index (κ2) is 12.5. The van der Waals surface area contributed by atoms with Gasteiger partial charge in [0.2, 0.25) is 0 Å². The van der Waals surface area contributed by atoms with Crippen LogP contribution in [0.4, 0.5) is 0 Å². The predicted octanol–water partition coefficient (Wildman–Crippen LogP) is 13.5. The minimum absolute atomic E-state index is 1.53. The van der Waals surface area contributed by atoms with Gasteiger partial charge in [-0.3, -0.25) is 0 Å². The lowest BCUT2D eigenvalue weighted by atomic mass is 10.0. The van der Waals surface area contributed by atoms with Gasteiger partial charge in [0.05, 0.1) is 67.2 Å². The lowest BCUT2D eigenvalue weighted by Crippen LogP contribution is -2.38. The third kappa shape index (κ3) is 6.20. The first kappa shape index (κ1) is 40.3. The summed E-state index contributed by atoms with van der Waals surface area (Å²) in [6.45, 7) is 46.7. The molecule has 0 saturated carbocycles. The fourth-order valence-corrected chi connectivity index (χ4v) is 28.5. The van der Waals surface area contributed by atoms with Crippen molar-refractivity contribution in [3.05, 3.63) is 33.3 Å². The lowest BCUT2D eigenvalue weighted by molar-refractivity contribution is 1.76. The molecule has 2 aliphatic carbocycles. The van der Waals surface area contributed by atoms with E-state index in [4.69, 9.17) is 0 Å². The van der Waals surface area contributed by atoms with Gasteiger partial charge in [0.15, 0.2) is 0 Å². The molecule has 12 heteroatoms. The van der Waals surface area contributed by atoms with Crippen molar-refractivity contribution in [3.63, 3.8) is 0 Å². The van der Waals surface area contributed by atoms with E-state index >= 15 is 0 Å². The third-order valence-electron chi connectivity index (χ3n) is 10.8. The van der Waals surface area contributed by atoms with Gasteiger partial charge < -0.3 is 0 Å². The Labute approximate surface area is 353 Å². The molecule has 0 atom stereocenters. The van der Waals surface area contributed by atoms with E-state index < -0.39 is 48.4 Å². The van der Waals surface area contributed by atoms with Crippen LogP contribution >= 0.6 is 68.0 Å². The predicted molar refractivity (Wildman–Crippen MR) is 281 cm³/mol. The minimum atomic E-state index is -1.81. The summed E-state index contributed by atoms with van der Waals surface area (Å²) >= 11 is 13.0. The van der Waals surface area contributed by atoms with Crippen LogP contribution in [0.25, 0.3) is 61.9 Å². The molecule has 0 fully saturated rings. The average molecular weight is 924 g/mol. The average Bonchev–Trinajstić information content (AvgIpc) is 3.80. The van der Waals surface area contributed by atoms with E-state index in [0.717, 1.165) is 0 Å². The molecule has 54 heavy (non-hydrogen) atoms. The van der Waals surface area contributed by atoms with Crippen LogP contribution in [0.2, 0.25) is 118 Å². The second-order valence-corrected chi connectivity index (χ2v) is 60.1. The van der Waals surface area contributed by atoms with Crippen molar-refractivity contribution in [1.29, 1.82) is 0 Å². The Hall–Kier alpha value is -0.499. The van der Waals surface area contributed by atoms with Gasteiger partial charge in [-0.2, -0.15) is 22.7 Å². The Morgan fingerprint density at radius 3 is 0.907 bits per heavy atom. The van der Waals surface area contributed by atoms with Gasteiger partial charge >= 0.3 is 0 Å². The molecule has 0 aliphatic heterocycles. The summed E-state index contributed by atoms with van der Waals surface area (Å²) in [5, 5.41) is 21.2. The molecule has 0 saturated heterocycles. The number of thiophene rings is 6. The van der Waals surface area contributed by atoms with Gasteiger partial charge in [0.1, 0.15) is 0 Å². The minimum Gasteiger partial charge on any atom is -0.152 e. The molecule has 6 heterocycles. The van der Waals surface area contributed by atoms with Gasteiger partial charge in [-0.1, -0.05) is 118 Å². The summed E-state index contributed by atoms with van der Waals surface area (Å²) < 4.78 is 16.4. The molecule has 286 valence electrons. The highest BCUT2D eigenvalue weighted by molar-refractivity contribution is 7.40. The van der Waals surface area contributed by atoms with Crippen LogP contribution < -0.4 is 27.0 Å². The molecule has 0 radical (unpaired) electrons. The highest BCUT2D eigenvalue weighted by Gasteiger charge is 2.35. The zero-order valence-corrected chi connectivity index (χ0v) is 46.7. The van der Waals surface area contributed by atoms with Crippen molar-refractivity contribution >= 4 is 205 Å². The Bertz CT molecular complexity index is 2740. The lowest BCUT2D eigenvalue weighted by Gasteiger charge is -2.20. The fraction of sp³-hybridized carbons (Fsp3) is 0.429. The molecule has 2 aliphatic rings. The van der Waals surface area contributed by atoms with E-state index in [9.17, 15) is 0 Å². The van der Waals surface area contributed by atoms with Crippen LogP contribution in [0, 0.1) is 10.4 Å². The van der Waals surface area contributed by atoms with Crippen molar-refractivity contribution in [2.24, 2.45) is 0 Å². The zero-order chi connectivity index (χ0) is 39.6. The summed E-state index contributed by atoms with van der Waals surface area (Å²) in [6, 6.07) is 5.38. The third-order valence-corrected chi connectivity index (χ3v) is 39.3. The van der Waals surface area contributed by atoms with Gasteiger partial charge in [-0.15, -0.1) is 45.3 Å². The van der Waals surface area contributed by atoms with E-state index in [0.29, 0.717) is 0 Å². The van der Waals surface area contributed by atoms with Crippen molar-refractivity contribution in [2.45, 2.75) is 118 Å². The molecule has 0 unspecified atom stereocenters. The fourth-order valence-electron chi connectivity index (χ4n) is 8.16. The van der Waals surface area contributed by atoms with Gasteiger partial charge in [0, 0.05) is 53.5 Å². The van der Waals surface area contributed by atoms with Crippen LogP contribution in [-0.2, 0) is 0 Å². The normalized spacial score (nSPS) is 15.1. The van der Waals surface area contributed by atoms with Crippen LogP contribution in [0.5, 0.6) is 0 Å². The first-order chi connectivity index (χ1) is 24.6. The quantitative estimate of drug-likeness (QED) is 0.146. The highest BCUT2D eigenvalue weighted by Crippen LogP contribution is 2.46. The molecule has 6 aromatic rings. The van der Waals surface area contributed by atoms with E-state index in [-0.39, 0.29) is 0 Å². The molecule has 0 N–H and O–H groups in total. The highest BCUT2D eigenvalue weighted by atomic mass is 32.1. The Balaban J connectivity index is 1.95. The Morgan fingerprint density at radius 2 is 0.630 bits per heavy atom.